The Balaban J connectivity index is 1.58. The fraction of sp³-hybridized carbons (Fsp3) is 0.238. The topological polar surface area (TPSA) is 58.2 Å². The van der Waals surface area contributed by atoms with Gasteiger partial charge in [-0.05, 0) is 30.5 Å². The highest BCUT2D eigenvalue weighted by Gasteiger charge is 2.02. The third-order valence-electron chi connectivity index (χ3n) is 3.73. The Morgan fingerprint density at radius 2 is 1.60 bits per heavy atom. The summed E-state index contributed by atoms with van der Waals surface area (Å²) in [6.07, 6.45) is 4.42. The summed E-state index contributed by atoms with van der Waals surface area (Å²) >= 11 is 0. The number of nitrogens with one attached hydrogen (secondary N) is 2. The van der Waals surface area contributed by atoms with Crippen LogP contribution in [0.5, 0.6) is 0 Å². The van der Waals surface area contributed by atoms with Crippen LogP contribution in [0.1, 0.15) is 23.1 Å². The maximum absolute atomic E-state index is 11.8. The summed E-state index contributed by atoms with van der Waals surface area (Å²) in [5, 5.41) is 5.56. The summed E-state index contributed by atoms with van der Waals surface area (Å²) < 4.78 is 0. The van der Waals surface area contributed by atoms with E-state index in [0.29, 0.717) is 19.5 Å². The number of aryl methyl sites for hydroxylation is 2. The smallest absolute Gasteiger partial charge is 0.244 e. The number of rotatable bonds is 8. The van der Waals surface area contributed by atoms with E-state index in [0.717, 1.165) is 17.5 Å². The minimum Gasteiger partial charge on any atom is -0.354 e. The molecule has 0 atom stereocenters. The molecule has 2 N–H and O–H groups in total. The van der Waals surface area contributed by atoms with Crippen molar-refractivity contribution < 1.29 is 9.59 Å². The lowest BCUT2D eigenvalue weighted by atomic mass is 10.1. The highest BCUT2D eigenvalue weighted by atomic mass is 16.2. The van der Waals surface area contributed by atoms with Crippen molar-refractivity contribution >= 4 is 17.9 Å². The molecular weight excluding hydrogens is 312 g/mol. The predicted octanol–water partition coefficient (Wildman–Crippen LogP) is 2.87. The molecule has 0 aliphatic carbocycles. The highest BCUT2D eigenvalue weighted by molar-refractivity contribution is 5.91. The summed E-state index contributed by atoms with van der Waals surface area (Å²) in [5.74, 6) is -0.174. The van der Waals surface area contributed by atoms with Gasteiger partial charge in [0.2, 0.25) is 11.8 Å². The first kappa shape index (κ1) is 18.5. The van der Waals surface area contributed by atoms with E-state index in [9.17, 15) is 9.59 Å². The Bertz CT molecular complexity index is 706. The number of carbonyl (C=O) groups excluding carboxylic acids is 2. The number of hydrogen-bond acceptors (Lipinski definition) is 2. The van der Waals surface area contributed by atoms with E-state index >= 15 is 0 Å². The van der Waals surface area contributed by atoms with E-state index in [1.165, 1.54) is 11.6 Å². The molecule has 4 nitrogen and oxygen atoms in total. The van der Waals surface area contributed by atoms with E-state index in [4.69, 9.17) is 0 Å². The van der Waals surface area contributed by atoms with Crippen molar-refractivity contribution in [3.63, 3.8) is 0 Å². The Labute approximate surface area is 149 Å². The maximum Gasteiger partial charge on any atom is 0.244 e. The molecule has 0 saturated heterocycles. The summed E-state index contributed by atoms with van der Waals surface area (Å²) in [6, 6.07) is 17.8. The van der Waals surface area contributed by atoms with Crippen LogP contribution in [0.2, 0.25) is 0 Å². The van der Waals surface area contributed by atoms with Crippen molar-refractivity contribution in [2.75, 3.05) is 13.1 Å². The summed E-state index contributed by atoms with van der Waals surface area (Å²) in [6.45, 7) is 2.88. The van der Waals surface area contributed by atoms with Crippen LogP contribution in [-0.2, 0) is 16.0 Å². The average molecular weight is 336 g/mol. The molecule has 0 fully saturated rings. The molecule has 130 valence electrons. The Hall–Kier alpha value is -2.88. The second kappa shape index (κ2) is 10.1. The monoisotopic (exact) mass is 336 g/mol. The van der Waals surface area contributed by atoms with Gasteiger partial charge >= 0.3 is 0 Å². The number of carbonyl (C=O) groups is 2. The normalized spacial score (nSPS) is 10.6. The fourth-order valence-corrected chi connectivity index (χ4v) is 2.28. The van der Waals surface area contributed by atoms with Crippen LogP contribution >= 0.6 is 0 Å². The van der Waals surface area contributed by atoms with Crippen molar-refractivity contribution in [2.24, 2.45) is 0 Å². The van der Waals surface area contributed by atoms with Gasteiger partial charge in [0.05, 0.1) is 0 Å². The van der Waals surface area contributed by atoms with Gasteiger partial charge in [-0.2, -0.15) is 0 Å². The van der Waals surface area contributed by atoms with E-state index < -0.39 is 0 Å². The average Bonchev–Trinajstić information content (AvgIpc) is 2.64. The van der Waals surface area contributed by atoms with Crippen molar-refractivity contribution in [1.82, 2.24) is 10.6 Å². The molecule has 0 heterocycles. The lowest BCUT2D eigenvalue weighted by Gasteiger charge is -2.06. The minimum absolute atomic E-state index is 0.00495. The first-order chi connectivity index (χ1) is 12.1. The van der Waals surface area contributed by atoms with Gasteiger partial charge in [-0.3, -0.25) is 9.59 Å². The van der Waals surface area contributed by atoms with Gasteiger partial charge in [0.15, 0.2) is 0 Å². The SMILES string of the molecule is Cc1ccc(CCC(=O)NCCNC(=O)/C=C/c2ccccc2)cc1. The van der Waals surface area contributed by atoms with E-state index in [2.05, 4.69) is 10.6 Å². The zero-order valence-corrected chi connectivity index (χ0v) is 14.5. The summed E-state index contributed by atoms with van der Waals surface area (Å²) in [4.78, 5) is 23.5. The van der Waals surface area contributed by atoms with Gasteiger partial charge in [0.25, 0.3) is 0 Å². The molecule has 25 heavy (non-hydrogen) atoms. The molecule has 0 radical (unpaired) electrons. The molecule has 0 unspecified atom stereocenters. The molecule has 4 heteroatoms. The maximum atomic E-state index is 11.8. The van der Waals surface area contributed by atoms with Crippen molar-refractivity contribution in [3.05, 3.63) is 77.4 Å². The zero-order valence-electron chi connectivity index (χ0n) is 14.5. The van der Waals surface area contributed by atoms with Gasteiger partial charge in [-0.25, -0.2) is 0 Å². The Morgan fingerprint density at radius 3 is 2.32 bits per heavy atom. The van der Waals surface area contributed by atoms with Crippen molar-refractivity contribution in [3.8, 4) is 0 Å². The first-order valence-corrected chi connectivity index (χ1v) is 8.47. The third kappa shape index (κ3) is 7.48. The van der Waals surface area contributed by atoms with Crippen LogP contribution in [0.3, 0.4) is 0 Å². The van der Waals surface area contributed by atoms with Crippen LogP contribution in [0, 0.1) is 6.92 Å². The van der Waals surface area contributed by atoms with E-state index in [1.54, 1.807) is 6.08 Å². The number of hydrogen-bond donors (Lipinski definition) is 2. The molecule has 2 rings (SSSR count). The first-order valence-electron chi connectivity index (χ1n) is 8.47. The standard InChI is InChI=1S/C21H24N2O2/c1-17-7-9-19(10-8-17)12-14-21(25)23-16-15-22-20(24)13-11-18-5-3-2-4-6-18/h2-11,13H,12,14-16H2,1H3,(H,22,24)(H,23,25)/b13-11+. The molecule has 0 aliphatic heterocycles. The van der Waals surface area contributed by atoms with Crippen LogP contribution in [0.25, 0.3) is 6.08 Å². The number of amides is 2. The predicted molar refractivity (Wildman–Crippen MR) is 101 cm³/mol. The minimum atomic E-state index is -0.169. The Kier molecular flexibility index (Phi) is 7.44. The molecule has 2 aromatic carbocycles. The highest BCUT2D eigenvalue weighted by Crippen LogP contribution is 2.05. The second-order valence-corrected chi connectivity index (χ2v) is 5.87. The number of benzene rings is 2. The molecule has 0 spiro atoms. The largest absolute Gasteiger partial charge is 0.354 e. The van der Waals surface area contributed by atoms with Gasteiger partial charge in [0, 0.05) is 25.6 Å². The summed E-state index contributed by atoms with van der Waals surface area (Å²) in [5.41, 5.74) is 3.34. The van der Waals surface area contributed by atoms with Crippen LogP contribution in [0.15, 0.2) is 60.7 Å². The quantitative estimate of drug-likeness (QED) is 0.575. The molecule has 0 bridgehead atoms. The van der Waals surface area contributed by atoms with Crippen LogP contribution in [0.4, 0.5) is 0 Å². The second-order valence-electron chi connectivity index (χ2n) is 5.87. The lowest BCUT2D eigenvalue weighted by molar-refractivity contribution is -0.121. The van der Waals surface area contributed by atoms with Gasteiger partial charge in [-0.15, -0.1) is 0 Å². The van der Waals surface area contributed by atoms with Crippen LogP contribution in [-0.4, -0.2) is 24.9 Å². The van der Waals surface area contributed by atoms with Crippen molar-refractivity contribution in [1.29, 1.82) is 0 Å². The van der Waals surface area contributed by atoms with Gasteiger partial charge in [-0.1, -0.05) is 60.2 Å². The molecule has 0 saturated carbocycles. The van der Waals surface area contributed by atoms with E-state index in [1.807, 2.05) is 61.5 Å². The molecule has 0 aromatic heterocycles. The van der Waals surface area contributed by atoms with Gasteiger partial charge in [0.1, 0.15) is 0 Å². The molecule has 2 aromatic rings. The van der Waals surface area contributed by atoms with E-state index in [-0.39, 0.29) is 11.8 Å². The van der Waals surface area contributed by atoms with Gasteiger partial charge < -0.3 is 10.6 Å². The summed E-state index contributed by atoms with van der Waals surface area (Å²) in [7, 11) is 0. The Morgan fingerprint density at radius 1 is 0.920 bits per heavy atom. The van der Waals surface area contributed by atoms with Crippen LogP contribution < -0.4 is 10.6 Å². The third-order valence-corrected chi connectivity index (χ3v) is 3.73. The van der Waals surface area contributed by atoms with Crippen molar-refractivity contribution in [2.45, 2.75) is 19.8 Å². The molecule has 0 aliphatic rings. The molecule has 2 amide bonds. The zero-order chi connectivity index (χ0) is 17.9. The fourth-order valence-electron chi connectivity index (χ4n) is 2.28. The molecular formula is C21H24N2O2. The lowest BCUT2D eigenvalue weighted by Crippen LogP contribution is -2.34.